The zero-order valence-corrected chi connectivity index (χ0v) is 18.1. The maximum atomic E-state index is 13.5. The topological polar surface area (TPSA) is 100 Å². The van der Waals surface area contributed by atoms with Crippen molar-refractivity contribution in [2.24, 2.45) is 0 Å². The lowest BCUT2D eigenvalue weighted by Crippen LogP contribution is -2.35. The summed E-state index contributed by atoms with van der Waals surface area (Å²) in [6, 6.07) is 12.5. The monoisotopic (exact) mass is 454 g/mol. The van der Waals surface area contributed by atoms with Gasteiger partial charge in [0.1, 0.15) is 21.5 Å². The van der Waals surface area contributed by atoms with Crippen molar-refractivity contribution in [3.63, 3.8) is 0 Å². The van der Waals surface area contributed by atoms with E-state index in [2.05, 4.69) is 16.0 Å². The first kappa shape index (κ1) is 19.1. The van der Waals surface area contributed by atoms with E-state index in [0.717, 1.165) is 10.5 Å². The van der Waals surface area contributed by atoms with Crippen LogP contribution < -0.4 is 4.31 Å². The number of anilines is 1. The molecule has 1 aliphatic rings. The van der Waals surface area contributed by atoms with Gasteiger partial charge >= 0.3 is 0 Å². The maximum absolute atomic E-state index is 13.5. The third-order valence-electron chi connectivity index (χ3n) is 4.70. The third kappa shape index (κ3) is 3.15. The highest BCUT2D eigenvalue weighted by molar-refractivity contribution is 8.00. The molecule has 150 valence electrons. The summed E-state index contributed by atoms with van der Waals surface area (Å²) in [5.74, 6) is 1.15. The Kier molecular flexibility index (Phi) is 4.54. The van der Waals surface area contributed by atoms with Gasteiger partial charge in [-0.1, -0.05) is 6.07 Å². The molecule has 2 aromatic carbocycles. The van der Waals surface area contributed by atoms with Crippen LogP contribution in [0.3, 0.4) is 0 Å². The summed E-state index contributed by atoms with van der Waals surface area (Å²) in [6.45, 7) is 2.09. The lowest BCUT2D eigenvalue weighted by molar-refractivity contribution is 0.561. The molecule has 7 nitrogen and oxygen atoms in total. The predicted octanol–water partition coefficient (Wildman–Crippen LogP) is 4.43. The summed E-state index contributed by atoms with van der Waals surface area (Å²) < 4.78 is 33.9. The molecule has 0 bridgehead atoms. The van der Waals surface area contributed by atoms with Crippen LogP contribution in [0.15, 0.2) is 56.8 Å². The van der Waals surface area contributed by atoms with Crippen molar-refractivity contribution in [3.05, 3.63) is 53.4 Å². The number of fused-ring (bicyclic) bond motifs is 2. The SMILES string of the molecule is Cc1nc2cc(S(=O)(=O)N3CCSc4ccc(-c5ncc(C#N)s5)cc43)ccc2o1. The van der Waals surface area contributed by atoms with Gasteiger partial charge < -0.3 is 4.42 Å². The van der Waals surface area contributed by atoms with Gasteiger partial charge in [-0.2, -0.15) is 5.26 Å². The van der Waals surface area contributed by atoms with Gasteiger partial charge in [-0.3, -0.25) is 4.31 Å². The van der Waals surface area contributed by atoms with E-state index in [1.807, 2.05) is 18.2 Å². The Balaban J connectivity index is 1.60. The number of aromatic nitrogens is 2. The molecule has 2 aromatic heterocycles. The van der Waals surface area contributed by atoms with Crippen LogP contribution in [0.1, 0.15) is 10.8 Å². The van der Waals surface area contributed by atoms with E-state index in [9.17, 15) is 8.42 Å². The lowest BCUT2D eigenvalue weighted by atomic mass is 10.2. The molecule has 30 heavy (non-hydrogen) atoms. The summed E-state index contributed by atoms with van der Waals surface area (Å²) >= 11 is 2.90. The average Bonchev–Trinajstić information content (AvgIpc) is 3.37. The van der Waals surface area contributed by atoms with E-state index in [1.54, 1.807) is 36.9 Å². The molecular weight excluding hydrogens is 440 g/mol. The Morgan fingerprint density at radius 3 is 2.90 bits per heavy atom. The number of nitriles is 1. The van der Waals surface area contributed by atoms with Crippen LogP contribution in [0.4, 0.5) is 5.69 Å². The first-order valence-corrected chi connectivity index (χ1v) is 12.2. The fourth-order valence-corrected chi connectivity index (χ4v) is 6.70. The van der Waals surface area contributed by atoms with Crippen LogP contribution in [0.25, 0.3) is 21.7 Å². The second kappa shape index (κ2) is 7.12. The quantitative estimate of drug-likeness (QED) is 0.451. The molecule has 0 spiro atoms. The van der Waals surface area contributed by atoms with Crippen LogP contribution in [0, 0.1) is 18.3 Å². The van der Waals surface area contributed by atoms with Crippen molar-refractivity contribution < 1.29 is 12.8 Å². The highest BCUT2D eigenvalue weighted by atomic mass is 32.2. The number of oxazole rings is 1. The Labute approximate surface area is 181 Å². The van der Waals surface area contributed by atoms with Gasteiger partial charge in [-0.25, -0.2) is 18.4 Å². The second-order valence-electron chi connectivity index (χ2n) is 6.61. The number of benzene rings is 2. The van der Waals surface area contributed by atoms with Gasteiger partial charge in [0.25, 0.3) is 10.0 Å². The van der Waals surface area contributed by atoms with Gasteiger partial charge in [0.05, 0.1) is 16.8 Å². The van der Waals surface area contributed by atoms with Crippen LogP contribution >= 0.6 is 23.1 Å². The predicted molar refractivity (Wildman–Crippen MR) is 116 cm³/mol. The number of aryl methyl sites for hydroxylation is 1. The zero-order chi connectivity index (χ0) is 20.9. The number of nitrogens with zero attached hydrogens (tertiary/aromatic N) is 4. The molecule has 3 heterocycles. The molecule has 0 aliphatic carbocycles. The highest BCUT2D eigenvalue weighted by Crippen LogP contribution is 2.41. The number of rotatable bonds is 3. The Hall–Kier alpha value is -2.87. The van der Waals surface area contributed by atoms with Gasteiger partial charge in [0.2, 0.25) is 0 Å². The van der Waals surface area contributed by atoms with Crippen molar-refractivity contribution in [3.8, 4) is 16.6 Å². The molecule has 0 radical (unpaired) electrons. The number of hydrogen-bond donors (Lipinski definition) is 0. The maximum Gasteiger partial charge on any atom is 0.264 e. The van der Waals surface area contributed by atoms with E-state index in [4.69, 9.17) is 9.68 Å². The smallest absolute Gasteiger partial charge is 0.264 e. The molecule has 5 rings (SSSR count). The summed E-state index contributed by atoms with van der Waals surface area (Å²) in [6.07, 6.45) is 1.53. The molecule has 0 unspecified atom stereocenters. The van der Waals surface area contributed by atoms with Crippen molar-refractivity contribution in [2.45, 2.75) is 16.7 Å². The van der Waals surface area contributed by atoms with Crippen molar-refractivity contribution >= 4 is 49.9 Å². The summed E-state index contributed by atoms with van der Waals surface area (Å²) in [5, 5.41) is 9.74. The van der Waals surface area contributed by atoms with Crippen molar-refractivity contribution in [2.75, 3.05) is 16.6 Å². The first-order chi connectivity index (χ1) is 14.5. The first-order valence-electron chi connectivity index (χ1n) is 8.99. The Bertz CT molecular complexity index is 1430. The van der Waals surface area contributed by atoms with Crippen LogP contribution in [0.5, 0.6) is 0 Å². The normalized spacial score (nSPS) is 13.9. The number of sulfonamides is 1. The minimum absolute atomic E-state index is 0.174. The summed E-state index contributed by atoms with van der Waals surface area (Å²) in [4.78, 5) is 10.1. The molecule has 0 amide bonds. The second-order valence-corrected chi connectivity index (χ2v) is 10.6. The molecule has 0 saturated carbocycles. The number of thioether (sulfide) groups is 1. The van der Waals surface area contributed by atoms with Crippen LogP contribution in [-0.4, -0.2) is 30.7 Å². The molecule has 1 aliphatic heterocycles. The Morgan fingerprint density at radius 1 is 1.23 bits per heavy atom. The minimum atomic E-state index is -3.79. The molecule has 0 saturated heterocycles. The largest absolute Gasteiger partial charge is 0.441 e. The lowest BCUT2D eigenvalue weighted by Gasteiger charge is -2.30. The molecule has 0 N–H and O–H groups in total. The molecule has 0 fully saturated rings. The van der Waals surface area contributed by atoms with E-state index >= 15 is 0 Å². The van der Waals surface area contributed by atoms with Crippen LogP contribution in [0.2, 0.25) is 0 Å². The van der Waals surface area contributed by atoms with Gasteiger partial charge in [-0.15, -0.1) is 23.1 Å². The van der Waals surface area contributed by atoms with Gasteiger partial charge in [0.15, 0.2) is 11.5 Å². The number of thiazole rings is 1. The van der Waals surface area contributed by atoms with E-state index in [-0.39, 0.29) is 4.90 Å². The fourth-order valence-electron chi connectivity index (χ4n) is 3.35. The van der Waals surface area contributed by atoms with E-state index < -0.39 is 10.0 Å². The zero-order valence-electron chi connectivity index (χ0n) is 15.7. The van der Waals surface area contributed by atoms with Crippen molar-refractivity contribution in [1.82, 2.24) is 9.97 Å². The molecular formula is C20H14N4O3S3. The highest BCUT2D eigenvalue weighted by Gasteiger charge is 2.30. The molecule has 4 aromatic rings. The van der Waals surface area contributed by atoms with Gasteiger partial charge in [-0.05, 0) is 30.3 Å². The summed E-state index contributed by atoms with van der Waals surface area (Å²) in [5.41, 5.74) is 2.47. The van der Waals surface area contributed by atoms with E-state index in [0.29, 0.717) is 44.9 Å². The fraction of sp³-hybridized carbons (Fsp3) is 0.150. The third-order valence-corrected chi connectivity index (χ3v) is 8.50. The summed E-state index contributed by atoms with van der Waals surface area (Å²) in [7, 11) is -3.79. The van der Waals surface area contributed by atoms with E-state index in [1.165, 1.54) is 21.8 Å². The van der Waals surface area contributed by atoms with Gasteiger partial charge in [0, 0.05) is 29.7 Å². The Morgan fingerprint density at radius 2 is 2.10 bits per heavy atom. The van der Waals surface area contributed by atoms with Crippen molar-refractivity contribution in [1.29, 1.82) is 5.26 Å². The molecule has 10 heteroatoms. The minimum Gasteiger partial charge on any atom is -0.441 e. The standard InChI is InChI=1S/C20H14N4O3S3/c1-12-23-16-9-15(3-4-18(16)27-12)30(25,26)24-6-7-28-19-5-2-13(8-17(19)24)20-22-11-14(10-21)29-20/h2-5,8-9,11H,6-7H2,1H3. The van der Waals surface area contributed by atoms with Crippen LogP contribution in [-0.2, 0) is 10.0 Å². The average molecular weight is 455 g/mol. The molecule has 0 atom stereocenters. The number of hydrogen-bond acceptors (Lipinski definition) is 8.